The van der Waals surface area contributed by atoms with Crippen molar-refractivity contribution in [3.8, 4) is 0 Å². The van der Waals surface area contributed by atoms with Crippen LogP contribution in [0.15, 0.2) is 53.8 Å². The zero-order valence-corrected chi connectivity index (χ0v) is 15.8. The number of esters is 1. The molecule has 1 amide bonds. The second-order valence-electron chi connectivity index (χ2n) is 5.25. The molecule has 0 atom stereocenters. The van der Waals surface area contributed by atoms with Crippen LogP contribution >= 0.6 is 23.1 Å². The molecule has 3 aromatic rings. The maximum absolute atomic E-state index is 13.0. The lowest BCUT2D eigenvalue weighted by Gasteiger charge is -2.07. The minimum Gasteiger partial charge on any atom is -0.465 e. The van der Waals surface area contributed by atoms with Crippen molar-refractivity contribution in [1.82, 2.24) is 9.97 Å². The number of rotatable bonds is 6. The van der Waals surface area contributed by atoms with Crippen molar-refractivity contribution >= 4 is 40.1 Å². The van der Waals surface area contributed by atoms with Gasteiger partial charge in [-0.3, -0.25) is 10.1 Å². The molecule has 2 aromatic heterocycles. The normalized spacial score (nSPS) is 10.4. The fraction of sp³-hybridized carbons (Fsp3) is 0.111. The van der Waals surface area contributed by atoms with Crippen molar-refractivity contribution < 1.29 is 18.7 Å². The zero-order chi connectivity index (χ0) is 19.2. The fourth-order valence-corrected chi connectivity index (χ4v) is 3.78. The third-order valence-electron chi connectivity index (χ3n) is 3.42. The number of thiazole rings is 1. The van der Waals surface area contributed by atoms with Gasteiger partial charge in [-0.2, -0.15) is 0 Å². The van der Waals surface area contributed by atoms with E-state index in [9.17, 15) is 14.0 Å². The van der Waals surface area contributed by atoms with E-state index in [0.29, 0.717) is 26.4 Å². The highest BCUT2D eigenvalue weighted by molar-refractivity contribution is 7.98. The molecule has 2 heterocycles. The molecule has 9 heteroatoms. The van der Waals surface area contributed by atoms with Crippen LogP contribution in [0.5, 0.6) is 0 Å². The highest BCUT2D eigenvalue weighted by atomic mass is 32.2. The Bertz CT molecular complexity index is 960. The number of hydrogen-bond acceptors (Lipinski definition) is 7. The number of methoxy groups -OCH3 is 1. The monoisotopic (exact) mass is 403 g/mol. The van der Waals surface area contributed by atoms with E-state index in [1.807, 2.05) is 0 Å². The van der Waals surface area contributed by atoms with E-state index in [4.69, 9.17) is 0 Å². The van der Waals surface area contributed by atoms with Gasteiger partial charge in [0.25, 0.3) is 5.91 Å². The van der Waals surface area contributed by atoms with E-state index in [1.54, 1.807) is 30.5 Å². The molecule has 1 N–H and O–H groups in total. The predicted octanol–water partition coefficient (Wildman–Crippen LogP) is 4.01. The number of carbonyl (C=O) groups excluding carboxylic acids is 2. The Morgan fingerprint density at radius 2 is 2.00 bits per heavy atom. The summed E-state index contributed by atoms with van der Waals surface area (Å²) in [4.78, 5) is 32.6. The van der Waals surface area contributed by atoms with Crippen LogP contribution in [-0.2, 0) is 10.5 Å². The van der Waals surface area contributed by atoms with Gasteiger partial charge in [0.15, 0.2) is 5.13 Å². The van der Waals surface area contributed by atoms with Crippen LogP contribution in [0.2, 0.25) is 0 Å². The maximum atomic E-state index is 13.0. The third-order valence-corrected chi connectivity index (χ3v) is 5.39. The topological polar surface area (TPSA) is 81.2 Å². The standard InChI is InChI=1S/C18H14FN3O3S2/c1-25-17(24)14-9-21-18(27-14)22-15(23)13-3-2-8-20-16(13)26-10-11-4-6-12(19)7-5-11/h2-9H,10H2,1H3,(H,21,22,23). The van der Waals surface area contributed by atoms with Crippen molar-refractivity contribution in [3.63, 3.8) is 0 Å². The number of pyridine rings is 1. The van der Waals surface area contributed by atoms with Crippen molar-refractivity contribution in [1.29, 1.82) is 0 Å². The third kappa shape index (κ3) is 4.89. The average Bonchev–Trinajstić information content (AvgIpc) is 3.15. The van der Waals surface area contributed by atoms with Crippen LogP contribution in [0.25, 0.3) is 0 Å². The summed E-state index contributed by atoms with van der Waals surface area (Å²) in [5.41, 5.74) is 1.31. The second kappa shape index (κ2) is 8.74. The molecule has 0 radical (unpaired) electrons. The number of benzene rings is 1. The molecule has 6 nitrogen and oxygen atoms in total. The summed E-state index contributed by atoms with van der Waals surface area (Å²) in [7, 11) is 1.28. The van der Waals surface area contributed by atoms with Crippen LogP contribution in [0, 0.1) is 5.82 Å². The minimum absolute atomic E-state index is 0.290. The van der Waals surface area contributed by atoms with Crippen molar-refractivity contribution in [2.75, 3.05) is 12.4 Å². The van der Waals surface area contributed by atoms with Gasteiger partial charge in [-0.25, -0.2) is 19.2 Å². The van der Waals surface area contributed by atoms with Gasteiger partial charge in [-0.05, 0) is 29.8 Å². The molecule has 0 bridgehead atoms. The molecule has 0 saturated carbocycles. The Kier molecular flexibility index (Phi) is 6.15. The Morgan fingerprint density at radius 3 is 2.74 bits per heavy atom. The zero-order valence-electron chi connectivity index (χ0n) is 14.1. The Morgan fingerprint density at radius 1 is 1.22 bits per heavy atom. The van der Waals surface area contributed by atoms with E-state index < -0.39 is 5.97 Å². The number of amides is 1. The van der Waals surface area contributed by atoms with Crippen LogP contribution < -0.4 is 5.32 Å². The van der Waals surface area contributed by atoms with Gasteiger partial charge in [0.2, 0.25) is 0 Å². The molecule has 0 unspecified atom stereocenters. The number of carbonyl (C=O) groups is 2. The SMILES string of the molecule is COC(=O)c1cnc(NC(=O)c2cccnc2SCc2ccc(F)cc2)s1. The summed E-state index contributed by atoms with van der Waals surface area (Å²) < 4.78 is 17.6. The lowest BCUT2D eigenvalue weighted by Crippen LogP contribution is -2.13. The molecule has 138 valence electrons. The average molecular weight is 403 g/mol. The van der Waals surface area contributed by atoms with Gasteiger partial charge in [-0.1, -0.05) is 23.5 Å². The molecule has 27 heavy (non-hydrogen) atoms. The number of nitrogens with zero attached hydrogens (tertiary/aromatic N) is 2. The first-order chi connectivity index (χ1) is 13.1. The number of halogens is 1. The molecule has 3 rings (SSSR count). The number of thioether (sulfide) groups is 1. The van der Waals surface area contributed by atoms with Crippen molar-refractivity contribution in [2.24, 2.45) is 0 Å². The molecular formula is C18H14FN3O3S2. The summed E-state index contributed by atoms with van der Waals surface area (Å²) in [6.07, 6.45) is 2.95. The van der Waals surface area contributed by atoms with E-state index in [-0.39, 0.29) is 11.7 Å². The van der Waals surface area contributed by atoms with Crippen molar-refractivity contribution in [3.05, 3.63) is 70.6 Å². The first-order valence-electron chi connectivity index (χ1n) is 7.74. The summed E-state index contributed by atoms with van der Waals surface area (Å²) in [6.45, 7) is 0. The maximum Gasteiger partial charge on any atom is 0.349 e. The summed E-state index contributed by atoms with van der Waals surface area (Å²) in [5.74, 6) is -0.641. The molecule has 0 aliphatic heterocycles. The lowest BCUT2D eigenvalue weighted by atomic mass is 10.2. The minimum atomic E-state index is -0.509. The van der Waals surface area contributed by atoms with E-state index >= 15 is 0 Å². The molecular weight excluding hydrogens is 389 g/mol. The fourth-order valence-electron chi connectivity index (χ4n) is 2.10. The predicted molar refractivity (Wildman–Crippen MR) is 102 cm³/mol. The van der Waals surface area contributed by atoms with Crippen molar-refractivity contribution in [2.45, 2.75) is 10.8 Å². The van der Waals surface area contributed by atoms with Crippen LogP contribution in [0.4, 0.5) is 9.52 Å². The van der Waals surface area contributed by atoms with Gasteiger partial charge in [0.05, 0.1) is 18.9 Å². The number of aromatic nitrogens is 2. The van der Waals surface area contributed by atoms with E-state index in [1.165, 1.54) is 37.2 Å². The first-order valence-corrected chi connectivity index (χ1v) is 9.55. The van der Waals surface area contributed by atoms with Crippen LogP contribution in [0.3, 0.4) is 0 Å². The number of nitrogens with one attached hydrogen (secondary N) is 1. The molecule has 0 spiro atoms. The quantitative estimate of drug-likeness (QED) is 0.495. The highest BCUT2D eigenvalue weighted by Crippen LogP contribution is 2.26. The van der Waals surface area contributed by atoms with Gasteiger partial charge in [-0.15, -0.1) is 11.8 Å². The molecule has 0 fully saturated rings. The smallest absolute Gasteiger partial charge is 0.349 e. The molecule has 1 aromatic carbocycles. The Balaban J connectivity index is 1.70. The largest absolute Gasteiger partial charge is 0.465 e. The lowest BCUT2D eigenvalue weighted by molar-refractivity contribution is 0.0606. The van der Waals surface area contributed by atoms with E-state index in [0.717, 1.165) is 16.9 Å². The van der Waals surface area contributed by atoms with Gasteiger partial charge in [0, 0.05) is 11.9 Å². The highest BCUT2D eigenvalue weighted by Gasteiger charge is 2.16. The van der Waals surface area contributed by atoms with Crippen LogP contribution in [-0.4, -0.2) is 29.0 Å². The van der Waals surface area contributed by atoms with Crippen LogP contribution in [0.1, 0.15) is 25.6 Å². The van der Waals surface area contributed by atoms with Gasteiger partial charge >= 0.3 is 5.97 Å². The molecule has 0 aliphatic carbocycles. The molecule has 0 saturated heterocycles. The van der Waals surface area contributed by atoms with Gasteiger partial charge in [0.1, 0.15) is 15.7 Å². The number of anilines is 1. The number of ether oxygens (including phenoxy) is 1. The summed E-state index contributed by atoms with van der Waals surface area (Å²) in [6, 6.07) is 9.49. The second-order valence-corrected chi connectivity index (χ2v) is 7.24. The first kappa shape index (κ1) is 19.0. The summed E-state index contributed by atoms with van der Waals surface area (Å²) in [5, 5.41) is 3.50. The summed E-state index contributed by atoms with van der Waals surface area (Å²) >= 11 is 2.40. The Hall–Kier alpha value is -2.78. The van der Waals surface area contributed by atoms with Gasteiger partial charge < -0.3 is 4.74 Å². The number of hydrogen-bond donors (Lipinski definition) is 1. The Labute approximate surface area is 162 Å². The van der Waals surface area contributed by atoms with E-state index in [2.05, 4.69) is 20.0 Å². The molecule has 0 aliphatic rings.